The summed E-state index contributed by atoms with van der Waals surface area (Å²) in [7, 11) is -1.16. The number of nitrogens with one attached hydrogen (secondary N) is 2. The Labute approximate surface area is 154 Å². The summed E-state index contributed by atoms with van der Waals surface area (Å²) < 4.78 is 22.3. The first-order valence-corrected chi connectivity index (χ1v) is 10.0. The largest absolute Gasteiger partial charge is 0.356 e. The van der Waals surface area contributed by atoms with Crippen LogP contribution in [0.3, 0.4) is 0 Å². The van der Waals surface area contributed by atoms with Gasteiger partial charge in [-0.25, -0.2) is 8.42 Å². The van der Waals surface area contributed by atoms with Crippen molar-refractivity contribution >= 4 is 39.8 Å². The summed E-state index contributed by atoms with van der Waals surface area (Å²) in [6.45, 7) is 7.32. The number of unbranched alkanes of at least 4 members (excludes halogenated alkanes) is 1. The predicted molar refractivity (Wildman–Crippen MR) is 107 cm³/mol. The summed E-state index contributed by atoms with van der Waals surface area (Å²) >= 11 is 0. The molecule has 0 rings (SSSR count). The lowest BCUT2D eigenvalue weighted by molar-refractivity contribution is 0.442. The van der Waals surface area contributed by atoms with Gasteiger partial charge in [-0.2, -0.15) is 0 Å². The van der Waals surface area contributed by atoms with Crippen molar-refractivity contribution in [3.8, 4) is 0 Å². The zero-order valence-electron chi connectivity index (χ0n) is 14.7. The fourth-order valence-corrected chi connectivity index (χ4v) is 2.86. The summed E-state index contributed by atoms with van der Waals surface area (Å²) in [6, 6.07) is 0.0849. The maximum absolute atomic E-state index is 11.2. The molecule has 0 aliphatic heterocycles. The van der Waals surface area contributed by atoms with E-state index in [0.29, 0.717) is 12.3 Å². The zero-order valence-corrected chi connectivity index (χ0v) is 17.8. The van der Waals surface area contributed by atoms with Crippen LogP contribution in [-0.2, 0) is 9.84 Å². The number of rotatable bonds is 10. The third kappa shape index (κ3) is 13.6. The van der Waals surface area contributed by atoms with Crippen LogP contribution in [0.15, 0.2) is 4.99 Å². The molecule has 0 spiro atoms. The molecule has 0 aromatic carbocycles. The van der Waals surface area contributed by atoms with E-state index in [1.165, 1.54) is 25.5 Å². The Balaban J connectivity index is 0. The van der Waals surface area contributed by atoms with Crippen LogP contribution in [0.2, 0.25) is 0 Å². The second kappa shape index (κ2) is 13.4. The number of aliphatic imine (C=N–C) groups is 1. The average Bonchev–Trinajstić information content (AvgIpc) is 2.43. The molecule has 0 heterocycles. The fourth-order valence-electron chi connectivity index (χ4n) is 2.08. The lowest BCUT2D eigenvalue weighted by Crippen LogP contribution is -2.44. The minimum atomic E-state index is -2.90. The molecule has 5 nitrogen and oxygen atoms in total. The van der Waals surface area contributed by atoms with Gasteiger partial charge in [-0.1, -0.05) is 33.1 Å². The maximum Gasteiger partial charge on any atom is 0.191 e. The van der Waals surface area contributed by atoms with Gasteiger partial charge in [0.25, 0.3) is 0 Å². The molecule has 0 aromatic heterocycles. The topological polar surface area (TPSA) is 70.6 Å². The molecule has 7 heteroatoms. The minimum absolute atomic E-state index is 0. The lowest BCUT2D eigenvalue weighted by atomic mass is 9.99. The quantitative estimate of drug-likeness (QED) is 0.307. The summed E-state index contributed by atoms with van der Waals surface area (Å²) in [6.07, 6.45) is 6.75. The molecule has 0 aromatic rings. The van der Waals surface area contributed by atoms with Crippen molar-refractivity contribution in [1.29, 1.82) is 0 Å². The molecule has 22 heavy (non-hydrogen) atoms. The first kappa shape index (κ1) is 24.2. The van der Waals surface area contributed by atoms with Crippen LogP contribution in [0, 0.1) is 5.92 Å². The highest BCUT2D eigenvalue weighted by Crippen LogP contribution is 2.11. The van der Waals surface area contributed by atoms with E-state index in [1.54, 1.807) is 7.05 Å². The Hall–Kier alpha value is -0.0500. The van der Waals surface area contributed by atoms with Crippen molar-refractivity contribution < 1.29 is 8.42 Å². The van der Waals surface area contributed by atoms with Crippen molar-refractivity contribution in [3.05, 3.63) is 0 Å². The second-order valence-electron chi connectivity index (χ2n) is 5.83. The van der Waals surface area contributed by atoms with Gasteiger partial charge in [0.15, 0.2) is 5.96 Å². The Kier molecular flexibility index (Phi) is 14.7. The lowest BCUT2D eigenvalue weighted by Gasteiger charge is -2.20. The Morgan fingerprint density at radius 3 is 2.32 bits per heavy atom. The fraction of sp³-hybridized carbons (Fsp3) is 0.933. The molecule has 0 radical (unpaired) electrons. The van der Waals surface area contributed by atoms with Crippen molar-refractivity contribution in [2.24, 2.45) is 10.9 Å². The van der Waals surface area contributed by atoms with E-state index in [1.807, 2.05) is 6.92 Å². The van der Waals surface area contributed by atoms with Gasteiger partial charge in [-0.3, -0.25) is 4.99 Å². The molecular weight excluding hydrogens is 413 g/mol. The number of sulfone groups is 1. The summed E-state index contributed by atoms with van der Waals surface area (Å²) in [5, 5.41) is 6.60. The molecule has 134 valence electrons. The average molecular weight is 447 g/mol. The van der Waals surface area contributed by atoms with E-state index in [9.17, 15) is 8.42 Å². The van der Waals surface area contributed by atoms with E-state index >= 15 is 0 Å². The Morgan fingerprint density at radius 1 is 1.23 bits per heavy atom. The summed E-state index contributed by atoms with van der Waals surface area (Å²) in [5.41, 5.74) is 0. The van der Waals surface area contributed by atoms with Gasteiger partial charge < -0.3 is 10.6 Å². The van der Waals surface area contributed by atoms with Gasteiger partial charge in [-0.05, 0) is 25.7 Å². The van der Waals surface area contributed by atoms with Crippen LogP contribution >= 0.6 is 24.0 Å². The van der Waals surface area contributed by atoms with E-state index in [2.05, 4.69) is 29.5 Å². The predicted octanol–water partition coefficient (Wildman–Crippen LogP) is 2.81. The highest BCUT2D eigenvalue weighted by molar-refractivity contribution is 14.0. The van der Waals surface area contributed by atoms with Crippen molar-refractivity contribution in [2.75, 3.05) is 25.6 Å². The highest BCUT2D eigenvalue weighted by atomic mass is 127. The normalized spacial score (nSPS) is 14.9. The van der Waals surface area contributed by atoms with Gasteiger partial charge in [0.2, 0.25) is 0 Å². The van der Waals surface area contributed by atoms with Gasteiger partial charge in [-0.15, -0.1) is 24.0 Å². The molecule has 0 aliphatic rings. The van der Waals surface area contributed by atoms with E-state index in [0.717, 1.165) is 18.9 Å². The zero-order chi connectivity index (χ0) is 16.3. The van der Waals surface area contributed by atoms with Crippen LogP contribution < -0.4 is 10.6 Å². The van der Waals surface area contributed by atoms with Crippen LogP contribution in [-0.4, -0.2) is 46.0 Å². The summed E-state index contributed by atoms with van der Waals surface area (Å²) in [4.78, 5) is 4.20. The molecular formula is C15H34IN3O2S. The maximum atomic E-state index is 11.2. The Bertz CT molecular complexity index is 400. The first-order chi connectivity index (χ1) is 9.82. The molecule has 0 amide bonds. The number of hydrogen-bond donors (Lipinski definition) is 2. The molecule has 0 bridgehead atoms. The van der Waals surface area contributed by atoms with E-state index in [4.69, 9.17) is 0 Å². The molecule has 2 atom stereocenters. The third-order valence-electron chi connectivity index (χ3n) is 3.63. The molecule has 0 fully saturated rings. The van der Waals surface area contributed by atoms with Gasteiger partial charge in [0, 0.05) is 25.9 Å². The van der Waals surface area contributed by atoms with E-state index in [-0.39, 0.29) is 35.8 Å². The van der Waals surface area contributed by atoms with Crippen LogP contribution in [0.4, 0.5) is 0 Å². The van der Waals surface area contributed by atoms with Gasteiger partial charge in [0.1, 0.15) is 9.84 Å². The molecule has 0 aliphatic carbocycles. The number of nitrogens with zero attached hydrogens (tertiary/aromatic N) is 1. The van der Waals surface area contributed by atoms with Gasteiger partial charge in [0.05, 0.1) is 5.75 Å². The van der Waals surface area contributed by atoms with Crippen molar-refractivity contribution in [2.45, 2.75) is 58.9 Å². The number of halogens is 1. The molecule has 2 N–H and O–H groups in total. The van der Waals surface area contributed by atoms with Crippen LogP contribution in [0.5, 0.6) is 0 Å². The molecule has 0 saturated heterocycles. The first-order valence-electron chi connectivity index (χ1n) is 7.97. The van der Waals surface area contributed by atoms with Crippen molar-refractivity contribution in [3.63, 3.8) is 0 Å². The van der Waals surface area contributed by atoms with E-state index < -0.39 is 9.84 Å². The second-order valence-corrected chi connectivity index (χ2v) is 8.09. The SMILES string of the molecule is CCCCC(CC)CNC(=NC)NC(C)CCS(C)(=O)=O.I. The highest BCUT2D eigenvalue weighted by Gasteiger charge is 2.11. The van der Waals surface area contributed by atoms with Crippen molar-refractivity contribution in [1.82, 2.24) is 10.6 Å². The van der Waals surface area contributed by atoms with Crippen LogP contribution in [0.1, 0.15) is 52.9 Å². The standard InChI is InChI=1S/C15H33N3O2S.HI/c1-6-8-9-14(7-2)12-17-15(16-4)18-13(3)10-11-21(5,19)20;/h13-14H,6-12H2,1-5H3,(H2,16,17,18);1H. The smallest absolute Gasteiger partial charge is 0.191 e. The summed E-state index contributed by atoms with van der Waals surface area (Å²) in [5.74, 6) is 1.62. The number of guanidine groups is 1. The van der Waals surface area contributed by atoms with Crippen LogP contribution in [0.25, 0.3) is 0 Å². The molecule has 2 unspecified atom stereocenters. The Morgan fingerprint density at radius 2 is 1.86 bits per heavy atom. The number of hydrogen-bond acceptors (Lipinski definition) is 3. The molecule has 0 saturated carbocycles. The monoisotopic (exact) mass is 447 g/mol. The third-order valence-corrected chi connectivity index (χ3v) is 4.61. The van der Waals surface area contributed by atoms with Gasteiger partial charge >= 0.3 is 0 Å². The minimum Gasteiger partial charge on any atom is -0.356 e.